The first-order valence-corrected chi connectivity index (χ1v) is 28.1. The van der Waals surface area contributed by atoms with Gasteiger partial charge in [-0.15, -0.1) is 0 Å². The summed E-state index contributed by atoms with van der Waals surface area (Å²) in [5.74, 6) is 12.4. The molecule has 4 bridgehead atoms. The Morgan fingerprint density at radius 2 is 0.521 bits per heavy atom. The number of ether oxygens (including phenoxy) is 6. The molecule has 6 saturated carbocycles. The van der Waals surface area contributed by atoms with Crippen molar-refractivity contribution in [3.63, 3.8) is 0 Å². The van der Waals surface area contributed by atoms with Gasteiger partial charge >= 0.3 is 0 Å². The Morgan fingerprint density at radius 1 is 0.324 bits per heavy atom. The largest absolute Gasteiger partial charge is 0.491 e. The van der Waals surface area contributed by atoms with Crippen molar-refractivity contribution in [3.05, 3.63) is 91.0 Å². The lowest BCUT2D eigenvalue weighted by Crippen LogP contribution is -2.15. The standard InChI is InChI=1S/2C10H16.3C9H10O2.7C2H6.4CH4/c2*1-2-9-7-4-5-8(6-7)10(9)3-1;3*1-2-4-8(5-3-1)10-6-9-7-11-9;7*1-2;;;;/h2*7-10H,1-6H2;3*1-5,9H,6-7H2;7*1-2H3;4*1H4. The maximum absolute atomic E-state index is 5.40. The molecule has 12 rings (SSSR count). The predicted octanol–water partition coefficient (Wildman–Crippen LogP) is 19.8. The number of para-hydroxylation sites is 3. The molecule has 0 amide bonds. The summed E-state index contributed by atoms with van der Waals surface area (Å²) in [5.41, 5.74) is 0. The highest BCUT2D eigenvalue weighted by atomic mass is 16.6. The maximum Gasteiger partial charge on any atom is 0.119 e. The van der Waals surface area contributed by atoms with Crippen molar-refractivity contribution in [2.45, 2.75) is 222 Å². The van der Waals surface area contributed by atoms with Crippen LogP contribution in [0.25, 0.3) is 0 Å². The first kappa shape index (κ1) is 74.5. The van der Waals surface area contributed by atoms with Crippen molar-refractivity contribution in [1.29, 1.82) is 0 Å². The van der Waals surface area contributed by atoms with Crippen molar-refractivity contribution in [2.24, 2.45) is 47.3 Å². The van der Waals surface area contributed by atoms with E-state index >= 15 is 0 Å². The van der Waals surface area contributed by atoms with Crippen molar-refractivity contribution < 1.29 is 28.4 Å². The minimum absolute atomic E-state index is 0. The average molecular weight is 998 g/mol. The molecule has 0 aromatic heterocycles. The second-order valence-corrected chi connectivity index (χ2v) is 16.9. The third kappa shape index (κ3) is 28.8. The van der Waals surface area contributed by atoms with E-state index < -0.39 is 0 Å². The number of fused-ring (bicyclic) bond motifs is 10. The number of hydrogen-bond acceptors (Lipinski definition) is 6. The molecule has 416 valence electrons. The first-order valence-electron chi connectivity index (χ1n) is 28.1. The average Bonchev–Trinajstić information content (AvgIpc) is 4.34. The zero-order chi connectivity index (χ0) is 49.7. The van der Waals surface area contributed by atoms with Crippen LogP contribution in [-0.2, 0) is 14.2 Å². The van der Waals surface area contributed by atoms with E-state index in [0.717, 1.165) is 37.1 Å². The highest BCUT2D eigenvalue weighted by molar-refractivity contribution is 5.22. The van der Waals surface area contributed by atoms with Crippen molar-refractivity contribution >= 4 is 0 Å². The highest BCUT2D eigenvalue weighted by Crippen LogP contribution is 2.59. The van der Waals surface area contributed by atoms with Gasteiger partial charge in [-0.3, -0.25) is 0 Å². The van der Waals surface area contributed by atoms with E-state index in [1.807, 2.05) is 188 Å². The van der Waals surface area contributed by atoms with Crippen molar-refractivity contribution in [1.82, 2.24) is 0 Å². The smallest absolute Gasteiger partial charge is 0.119 e. The summed E-state index contributed by atoms with van der Waals surface area (Å²) in [4.78, 5) is 0. The summed E-state index contributed by atoms with van der Waals surface area (Å²) in [7, 11) is 0. The summed E-state index contributed by atoms with van der Waals surface area (Å²) < 4.78 is 31.2. The van der Waals surface area contributed by atoms with Crippen LogP contribution in [0.4, 0.5) is 0 Å². The van der Waals surface area contributed by atoms with E-state index in [4.69, 9.17) is 28.4 Å². The molecule has 3 heterocycles. The van der Waals surface area contributed by atoms with Crippen LogP contribution in [0.5, 0.6) is 17.2 Å². The Bertz CT molecular complexity index is 1290. The molecule has 3 aliphatic heterocycles. The third-order valence-electron chi connectivity index (χ3n) is 13.4. The van der Waals surface area contributed by atoms with Crippen LogP contribution in [0.15, 0.2) is 91.0 Å². The monoisotopic (exact) mass is 997 g/mol. The van der Waals surface area contributed by atoms with Crippen molar-refractivity contribution in [3.8, 4) is 17.2 Å². The van der Waals surface area contributed by atoms with Gasteiger partial charge in [-0.1, -0.05) is 194 Å². The van der Waals surface area contributed by atoms with E-state index in [2.05, 4.69) is 0 Å². The van der Waals surface area contributed by atoms with Gasteiger partial charge in [0.15, 0.2) is 0 Å². The van der Waals surface area contributed by atoms with E-state index in [9.17, 15) is 0 Å². The molecule has 6 aliphatic carbocycles. The van der Waals surface area contributed by atoms with E-state index in [1.165, 1.54) is 47.3 Å². The van der Waals surface area contributed by atoms with Crippen LogP contribution >= 0.6 is 0 Å². The van der Waals surface area contributed by atoms with Gasteiger partial charge in [-0.05, 0) is 148 Å². The number of epoxide rings is 3. The van der Waals surface area contributed by atoms with Gasteiger partial charge in [0.2, 0.25) is 0 Å². The second kappa shape index (κ2) is 47.9. The molecule has 71 heavy (non-hydrogen) atoms. The zero-order valence-electron chi connectivity index (χ0n) is 45.7. The van der Waals surface area contributed by atoms with Crippen LogP contribution in [0, 0.1) is 47.3 Å². The Labute approximate surface area is 443 Å². The van der Waals surface area contributed by atoms with Crippen LogP contribution in [-0.4, -0.2) is 58.0 Å². The van der Waals surface area contributed by atoms with Gasteiger partial charge in [0, 0.05) is 0 Å². The lowest BCUT2D eigenvalue weighted by Gasteiger charge is -2.23. The molecule has 6 nitrogen and oxygen atoms in total. The van der Waals surface area contributed by atoms with Gasteiger partial charge in [-0.2, -0.15) is 0 Å². The zero-order valence-corrected chi connectivity index (χ0v) is 45.7. The van der Waals surface area contributed by atoms with Gasteiger partial charge in [0.1, 0.15) is 55.4 Å². The minimum atomic E-state index is 0. The minimum Gasteiger partial charge on any atom is -0.491 e. The highest BCUT2D eigenvalue weighted by Gasteiger charge is 2.49. The molecule has 6 heteroatoms. The molecular formula is C65H120O6. The Hall–Kier alpha value is -3.06. The summed E-state index contributed by atoms with van der Waals surface area (Å²) in [6, 6.07) is 29.4. The van der Waals surface area contributed by atoms with E-state index in [-0.39, 0.29) is 29.7 Å². The van der Waals surface area contributed by atoms with Gasteiger partial charge in [-0.25, -0.2) is 0 Å². The molecule has 11 atom stereocenters. The summed E-state index contributed by atoms with van der Waals surface area (Å²) in [6.45, 7) is 32.6. The molecule has 0 spiro atoms. The summed E-state index contributed by atoms with van der Waals surface area (Å²) in [5, 5.41) is 0. The van der Waals surface area contributed by atoms with E-state index in [1.54, 1.807) is 77.0 Å². The Morgan fingerprint density at radius 3 is 0.704 bits per heavy atom. The van der Waals surface area contributed by atoms with Crippen LogP contribution in [0.2, 0.25) is 0 Å². The number of rotatable bonds is 9. The predicted molar refractivity (Wildman–Crippen MR) is 315 cm³/mol. The SMILES string of the molecule is C.C.C.C.C1CC2C3CCC(C3)C2C1.C1CC2C3CCC(C3)C2C1.CC.CC.CC.CC.CC.CC.CC.c1ccc(OCC2CO2)cc1.c1ccc(OCC2CO2)cc1.c1ccc(OCC2CO2)cc1. The fraction of sp³-hybridized carbons (Fsp3) is 0.723. The molecule has 11 unspecified atom stereocenters. The lowest BCUT2D eigenvalue weighted by atomic mass is 9.82. The molecular weight excluding hydrogens is 877 g/mol. The molecule has 3 aromatic carbocycles. The topological polar surface area (TPSA) is 65.3 Å². The normalized spacial score (nSPS) is 26.7. The first-order chi connectivity index (χ1) is 33.2. The number of benzene rings is 3. The lowest BCUT2D eigenvalue weighted by molar-refractivity contribution is 0.259. The summed E-state index contributed by atoms with van der Waals surface area (Å²) >= 11 is 0. The van der Waals surface area contributed by atoms with Crippen molar-refractivity contribution in [2.75, 3.05) is 39.6 Å². The van der Waals surface area contributed by atoms with Crippen LogP contribution in [0.1, 0.15) is 204 Å². The molecule has 3 saturated heterocycles. The van der Waals surface area contributed by atoms with E-state index in [0.29, 0.717) is 38.1 Å². The van der Waals surface area contributed by atoms with Gasteiger partial charge in [0.25, 0.3) is 0 Å². The van der Waals surface area contributed by atoms with Crippen LogP contribution < -0.4 is 14.2 Å². The van der Waals surface area contributed by atoms with Gasteiger partial charge < -0.3 is 28.4 Å². The van der Waals surface area contributed by atoms with Crippen LogP contribution in [0.3, 0.4) is 0 Å². The molecule has 9 aliphatic rings. The third-order valence-corrected chi connectivity index (χ3v) is 13.4. The fourth-order valence-electron chi connectivity index (χ4n) is 10.6. The van der Waals surface area contributed by atoms with Gasteiger partial charge in [0.05, 0.1) is 19.8 Å². The Balaban J connectivity index is -0.000000367. The molecule has 9 fully saturated rings. The maximum atomic E-state index is 5.40. The fourth-order valence-corrected chi connectivity index (χ4v) is 10.6. The second-order valence-electron chi connectivity index (χ2n) is 16.9. The number of hydrogen-bond donors (Lipinski definition) is 0. The molecule has 3 aromatic rings. The Kier molecular flexibility index (Phi) is 50.3. The summed E-state index contributed by atoms with van der Waals surface area (Å²) in [6.07, 6.45) is 20.1. The quantitative estimate of drug-likeness (QED) is 0.199. The molecule has 0 radical (unpaired) electrons. The molecule has 0 N–H and O–H groups in total.